The maximum absolute atomic E-state index is 11.3. The van der Waals surface area contributed by atoms with Gasteiger partial charge < -0.3 is 9.84 Å². The number of anilines is 1. The van der Waals surface area contributed by atoms with Gasteiger partial charge in [-0.1, -0.05) is 0 Å². The Hall–Kier alpha value is -2.37. The molecular weight excluding hydrogens is 224 g/mol. The van der Waals surface area contributed by atoms with E-state index in [1.807, 2.05) is 0 Å². The van der Waals surface area contributed by atoms with Crippen molar-refractivity contribution < 1.29 is 19.4 Å². The molecule has 1 aliphatic rings. The maximum atomic E-state index is 11.3. The zero-order chi connectivity index (χ0) is 12.4. The summed E-state index contributed by atoms with van der Waals surface area (Å²) in [5.74, 6) is -1.11. The second-order valence-corrected chi connectivity index (χ2v) is 3.43. The van der Waals surface area contributed by atoms with E-state index in [0.29, 0.717) is 11.4 Å². The van der Waals surface area contributed by atoms with Crippen LogP contribution in [0.4, 0.5) is 5.69 Å². The molecule has 0 aliphatic carbocycles. The number of ketones is 1. The van der Waals surface area contributed by atoms with Crippen molar-refractivity contribution in [2.24, 2.45) is 5.10 Å². The Kier molecular flexibility index (Phi) is 2.78. The first kappa shape index (κ1) is 11.1. The highest BCUT2D eigenvalue weighted by molar-refractivity contribution is 6.65. The van der Waals surface area contributed by atoms with Gasteiger partial charge in [-0.05, 0) is 24.3 Å². The second-order valence-electron chi connectivity index (χ2n) is 3.43. The average Bonchev–Trinajstić information content (AvgIpc) is 2.71. The summed E-state index contributed by atoms with van der Waals surface area (Å²) < 4.78 is 5.00. The second kappa shape index (κ2) is 4.25. The number of carbonyl (C=O) groups is 2. The molecule has 0 bridgehead atoms. The third-order valence-electron chi connectivity index (χ3n) is 2.35. The number of Topliss-reactive ketones (excluding diaryl/α,β-unsaturated/α-hetero) is 1. The number of carbonyl (C=O) groups excluding carboxylic acids is 1. The van der Waals surface area contributed by atoms with Gasteiger partial charge in [-0.2, -0.15) is 5.10 Å². The van der Waals surface area contributed by atoms with Crippen molar-refractivity contribution in [3.63, 3.8) is 0 Å². The molecule has 0 fully saturated rings. The summed E-state index contributed by atoms with van der Waals surface area (Å²) in [5.41, 5.74) is 0.219. The Morgan fingerprint density at radius 2 is 2.06 bits per heavy atom. The number of rotatable bonds is 3. The number of carboxylic acid groups (broad SMARTS) is 1. The lowest BCUT2D eigenvalue weighted by atomic mass is 10.2. The third-order valence-corrected chi connectivity index (χ3v) is 2.35. The van der Waals surface area contributed by atoms with Crippen LogP contribution in [0.15, 0.2) is 29.4 Å². The molecule has 1 heterocycles. The third kappa shape index (κ3) is 2.10. The van der Waals surface area contributed by atoms with Crippen molar-refractivity contribution in [1.29, 1.82) is 0 Å². The SMILES string of the molecule is COc1ccc(N2CC(=O)C(C(=O)O)=N2)cc1. The molecule has 1 aromatic carbocycles. The van der Waals surface area contributed by atoms with Crippen molar-refractivity contribution in [3.05, 3.63) is 24.3 Å². The maximum Gasteiger partial charge on any atom is 0.360 e. The lowest BCUT2D eigenvalue weighted by molar-refractivity contribution is -0.130. The lowest BCUT2D eigenvalue weighted by Gasteiger charge is -2.12. The zero-order valence-corrected chi connectivity index (χ0v) is 9.08. The number of carboxylic acids is 1. The van der Waals surface area contributed by atoms with Crippen molar-refractivity contribution >= 4 is 23.2 Å². The summed E-state index contributed by atoms with van der Waals surface area (Å²) in [6.45, 7) is -0.0477. The molecule has 0 amide bonds. The van der Waals surface area contributed by atoms with E-state index in [4.69, 9.17) is 9.84 Å². The van der Waals surface area contributed by atoms with Gasteiger partial charge in [0, 0.05) is 0 Å². The smallest absolute Gasteiger partial charge is 0.360 e. The molecule has 1 aromatic rings. The van der Waals surface area contributed by atoms with E-state index < -0.39 is 17.5 Å². The predicted octanol–water partition coefficient (Wildman–Crippen LogP) is 0.525. The quantitative estimate of drug-likeness (QED) is 0.825. The minimum Gasteiger partial charge on any atom is -0.497 e. The summed E-state index contributed by atoms with van der Waals surface area (Å²) in [5, 5.41) is 13.8. The number of hydrogen-bond acceptors (Lipinski definition) is 5. The Morgan fingerprint density at radius 1 is 1.41 bits per heavy atom. The largest absolute Gasteiger partial charge is 0.497 e. The number of nitrogens with zero attached hydrogens (tertiary/aromatic N) is 2. The van der Waals surface area contributed by atoms with Gasteiger partial charge in [-0.3, -0.25) is 9.80 Å². The van der Waals surface area contributed by atoms with Crippen molar-refractivity contribution in [2.75, 3.05) is 18.7 Å². The van der Waals surface area contributed by atoms with Crippen LogP contribution in [0.25, 0.3) is 0 Å². The monoisotopic (exact) mass is 234 g/mol. The van der Waals surface area contributed by atoms with Crippen LogP contribution in [0, 0.1) is 0 Å². The van der Waals surface area contributed by atoms with Gasteiger partial charge in [0.05, 0.1) is 12.8 Å². The molecule has 1 N–H and O–H groups in total. The van der Waals surface area contributed by atoms with Crippen LogP contribution in [0.2, 0.25) is 0 Å². The number of hydrazone groups is 1. The molecular formula is C11H10N2O4. The van der Waals surface area contributed by atoms with Crippen molar-refractivity contribution in [2.45, 2.75) is 0 Å². The summed E-state index contributed by atoms with van der Waals surface area (Å²) in [7, 11) is 1.55. The highest BCUT2D eigenvalue weighted by atomic mass is 16.5. The Morgan fingerprint density at radius 3 is 2.53 bits per heavy atom. The van der Waals surface area contributed by atoms with Crippen LogP contribution in [0.1, 0.15) is 0 Å². The van der Waals surface area contributed by atoms with E-state index in [-0.39, 0.29) is 6.54 Å². The Balaban J connectivity index is 2.24. The number of hydrogen-bond donors (Lipinski definition) is 1. The molecule has 1 aliphatic heterocycles. The summed E-state index contributed by atoms with van der Waals surface area (Å²) in [6.07, 6.45) is 0. The standard InChI is InChI=1S/C11H10N2O4/c1-17-8-4-2-7(3-5-8)13-6-9(14)10(12-13)11(15)16/h2-5H,6H2,1H3,(H,15,16). The van der Waals surface area contributed by atoms with Crippen LogP contribution in [0.3, 0.4) is 0 Å². The number of ether oxygens (including phenoxy) is 1. The first-order valence-corrected chi connectivity index (χ1v) is 4.88. The van der Waals surface area contributed by atoms with Gasteiger partial charge in [-0.15, -0.1) is 0 Å². The molecule has 0 spiro atoms. The van der Waals surface area contributed by atoms with E-state index in [9.17, 15) is 9.59 Å². The van der Waals surface area contributed by atoms with E-state index >= 15 is 0 Å². The van der Waals surface area contributed by atoms with E-state index in [0.717, 1.165) is 0 Å². The first-order chi connectivity index (χ1) is 8.11. The highest BCUT2D eigenvalue weighted by Gasteiger charge is 2.29. The molecule has 2 rings (SSSR count). The number of benzene rings is 1. The molecule has 6 heteroatoms. The Bertz CT molecular complexity index is 493. The molecule has 0 saturated heterocycles. The minimum absolute atomic E-state index is 0.0477. The summed E-state index contributed by atoms with van der Waals surface area (Å²) in [4.78, 5) is 22.0. The molecule has 0 aromatic heterocycles. The summed E-state index contributed by atoms with van der Waals surface area (Å²) in [6, 6.07) is 6.85. The fraction of sp³-hybridized carbons (Fsp3) is 0.182. The first-order valence-electron chi connectivity index (χ1n) is 4.88. The number of methoxy groups -OCH3 is 1. The topological polar surface area (TPSA) is 79.2 Å². The van der Waals surface area contributed by atoms with Crippen LogP contribution >= 0.6 is 0 Å². The fourth-order valence-corrected chi connectivity index (χ4v) is 1.49. The van der Waals surface area contributed by atoms with Crippen molar-refractivity contribution in [3.8, 4) is 5.75 Å². The molecule has 88 valence electrons. The van der Waals surface area contributed by atoms with Crippen LogP contribution in [-0.2, 0) is 9.59 Å². The van der Waals surface area contributed by atoms with Crippen molar-refractivity contribution in [1.82, 2.24) is 0 Å². The van der Waals surface area contributed by atoms with Crippen LogP contribution < -0.4 is 9.75 Å². The molecule has 0 radical (unpaired) electrons. The van der Waals surface area contributed by atoms with Gasteiger partial charge >= 0.3 is 5.97 Å². The van der Waals surface area contributed by atoms with E-state index in [1.54, 1.807) is 31.4 Å². The fourth-order valence-electron chi connectivity index (χ4n) is 1.49. The number of aliphatic carboxylic acids is 1. The molecule has 0 unspecified atom stereocenters. The van der Waals surface area contributed by atoms with Gasteiger partial charge in [0.1, 0.15) is 12.3 Å². The lowest BCUT2D eigenvalue weighted by Crippen LogP contribution is -2.22. The molecule has 6 nitrogen and oxygen atoms in total. The average molecular weight is 234 g/mol. The zero-order valence-electron chi connectivity index (χ0n) is 9.08. The molecule has 17 heavy (non-hydrogen) atoms. The van der Waals surface area contributed by atoms with E-state index in [1.165, 1.54) is 5.01 Å². The van der Waals surface area contributed by atoms with Gasteiger partial charge in [0.2, 0.25) is 11.5 Å². The molecule has 0 atom stereocenters. The minimum atomic E-state index is -1.30. The van der Waals surface area contributed by atoms with E-state index in [2.05, 4.69) is 5.10 Å². The Labute approximate surface area is 97.1 Å². The van der Waals surface area contributed by atoms with Gasteiger partial charge in [-0.25, -0.2) is 4.79 Å². The van der Waals surface area contributed by atoms with Gasteiger partial charge in [0.15, 0.2) is 0 Å². The molecule has 0 saturated carbocycles. The van der Waals surface area contributed by atoms with Gasteiger partial charge in [0.25, 0.3) is 0 Å². The van der Waals surface area contributed by atoms with Crippen LogP contribution in [-0.4, -0.2) is 36.2 Å². The predicted molar refractivity (Wildman–Crippen MR) is 60.4 cm³/mol. The normalized spacial score (nSPS) is 14.8. The van der Waals surface area contributed by atoms with Crippen LogP contribution in [0.5, 0.6) is 5.75 Å². The highest BCUT2D eigenvalue weighted by Crippen LogP contribution is 2.21. The summed E-state index contributed by atoms with van der Waals surface area (Å²) >= 11 is 0.